The predicted molar refractivity (Wildman–Crippen MR) is 83.7 cm³/mol. The molecule has 2 aromatic rings. The number of H-pyrrole nitrogens is 1. The first-order valence-electron chi connectivity index (χ1n) is 8.33. The van der Waals surface area contributed by atoms with Gasteiger partial charge in [-0.15, -0.1) is 0 Å². The van der Waals surface area contributed by atoms with E-state index in [0.29, 0.717) is 11.7 Å². The molecule has 0 unspecified atom stereocenters. The number of hydrogen-bond acceptors (Lipinski definition) is 2. The van der Waals surface area contributed by atoms with Crippen molar-refractivity contribution in [1.29, 1.82) is 0 Å². The second-order valence-corrected chi connectivity index (χ2v) is 7.16. The predicted octanol–water partition coefficient (Wildman–Crippen LogP) is 3.24. The molecule has 2 fully saturated rings. The van der Waals surface area contributed by atoms with Crippen LogP contribution in [0, 0.1) is 11.8 Å². The highest BCUT2D eigenvalue weighted by molar-refractivity contribution is 5.86. The maximum atomic E-state index is 9.82. The number of fused-ring (bicyclic) bond motifs is 5. The van der Waals surface area contributed by atoms with E-state index in [4.69, 9.17) is 0 Å². The Balaban J connectivity index is 1.70. The van der Waals surface area contributed by atoms with E-state index < -0.39 is 0 Å². The fourth-order valence-corrected chi connectivity index (χ4v) is 5.58. The highest BCUT2D eigenvalue weighted by Crippen LogP contribution is 2.54. The van der Waals surface area contributed by atoms with Crippen LogP contribution in [0.25, 0.3) is 10.9 Å². The number of piperidine rings is 1. The number of phenolic OH excluding ortho intramolecular Hbond substituents is 1. The van der Waals surface area contributed by atoms with Crippen LogP contribution >= 0.6 is 0 Å². The Morgan fingerprint density at radius 2 is 2.29 bits per heavy atom. The number of hydrogen-bond donors (Lipinski definition) is 2. The van der Waals surface area contributed by atoms with Crippen LogP contribution < -0.4 is 0 Å². The Bertz CT molecular complexity index is 719. The van der Waals surface area contributed by atoms with Crippen molar-refractivity contribution in [1.82, 2.24) is 9.88 Å². The third-order valence-electron chi connectivity index (χ3n) is 6.32. The standard InChI is InChI=1S/C18H22N2O/c1-2-12-10-7-15-17-13(5-6-20(9-10)18(12)15)14-8-11(21)3-4-16(14)19-17/h3-4,8,10,12,15,18-19,21H,2,5-7,9H2,1H3/t10-,12-,15+,18+/m1/s1. The molecule has 5 rings (SSSR count). The first-order valence-corrected chi connectivity index (χ1v) is 8.33. The molecule has 3 heterocycles. The zero-order valence-electron chi connectivity index (χ0n) is 12.5. The van der Waals surface area contributed by atoms with Gasteiger partial charge in [0.25, 0.3) is 0 Å². The van der Waals surface area contributed by atoms with Crippen molar-refractivity contribution in [2.24, 2.45) is 11.8 Å². The second-order valence-electron chi connectivity index (χ2n) is 7.16. The Morgan fingerprint density at radius 1 is 1.38 bits per heavy atom. The van der Waals surface area contributed by atoms with Crippen LogP contribution in [0.1, 0.15) is 36.9 Å². The van der Waals surface area contributed by atoms with E-state index in [1.54, 1.807) is 6.07 Å². The second kappa shape index (κ2) is 4.04. The number of benzene rings is 1. The summed E-state index contributed by atoms with van der Waals surface area (Å²) in [5.74, 6) is 2.85. The molecule has 0 amide bonds. The van der Waals surface area contributed by atoms with Gasteiger partial charge in [0.05, 0.1) is 0 Å². The monoisotopic (exact) mass is 282 g/mol. The van der Waals surface area contributed by atoms with Gasteiger partial charge in [-0.25, -0.2) is 0 Å². The number of aromatic hydroxyl groups is 1. The van der Waals surface area contributed by atoms with Crippen LogP contribution in [0.3, 0.4) is 0 Å². The van der Waals surface area contributed by atoms with Gasteiger partial charge in [-0.2, -0.15) is 0 Å². The van der Waals surface area contributed by atoms with Crippen LogP contribution in [0.15, 0.2) is 18.2 Å². The molecule has 1 saturated heterocycles. The van der Waals surface area contributed by atoms with Crippen LogP contribution in [0.2, 0.25) is 0 Å². The van der Waals surface area contributed by atoms with Crippen molar-refractivity contribution in [3.05, 3.63) is 29.5 Å². The van der Waals surface area contributed by atoms with Gasteiger partial charge in [-0.05, 0) is 48.4 Å². The lowest BCUT2D eigenvalue weighted by molar-refractivity contribution is 0.193. The molecule has 3 nitrogen and oxygen atoms in total. The minimum atomic E-state index is 0.382. The molecule has 3 aliphatic rings. The summed E-state index contributed by atoms with van der Waals surface area (Å²) < 4.78 is 0. The number of nitrogens with zero attached hydrogens (tertiary/aromatic N) is 1. The van der Waals surface area contributed by atoms with E-state index in [1.807, 2.05) is 12.1 Å². The summed E-state index contributed by atoms with van der Waals surface area (Å²) in [5, 5.41) is 11.1. The van der Waals surface area contributed by atoms with Gasteiger partial charge >= 0.3 is 0 Å². The molecule has 3 heteroatoms. The summed E-state index contributed by atoms with van der Waals surface area (Å²) >= 11 is 0. The first-order chi connectivity index (χ1) is 10.3. The molecule has 2 bridgehead atoms. The molecule has 1 saturated carbocycles. The van der Waals surface area contributed by atoms with Crippen molar-refractivity contribution >= 4 is 10.9 Å². The van der Waals surface area contributed by atoms with Crippen LogP contribution in [0.4, 0.5) is 0 Å². The number of aromatic nitrogens is 1. The zero-order chi connectivity index (χ0) is 14.1. The highest BCUT2D eigenvalue weighted by atomic mass is 16.3. The van der Waals surface area contributed by atoms with E-state index in [0.717, 1.165) is 24.3 Å². The third-order valence-corrected chi connectivity index (χ3v) is 6.32. The molecule has 0 spiro atoms. The molecule has 21 heavy (non-hydrogen) atoms. The normalized spacial score (nSPS) is 34.3. The zero-order valence-corrected chi connectivity index (χ0v) is 12.5. The molecule has 1 aromatic carbocycles. The summed E-state index contributed by atoms with van der Waals surface area (Å²) in [6, 6.07) is 6.52. The summed E-state index contributed by atoms with van der Waals surface area (Å²) in [7, 11) is 0. The van der Waals surface area contributed by atoms with Crippen molar-refractivity contribution in [3.63, 3.8) is 0 Å². The Kier molecular flexibility index (Phi) is 2.33. The van der Waals surface area contributed by atoms with Crippen LogP contribution in [0.5, 0.6) is 5.75 Å². The lowest BCUT2D eigenvalue weighted by atomic mass is 9.92. The van der Waals surface area contributed by atoms with E-state index >= 15 is 0 Å². The fourth-order valence-electron chi connectivity index (χ4n) is 5.58. The third kappa shape index (κ3) is 1.48. The van der Waals surface area contributed by atoms with Crippen molar-refractivity contribution in [2.45, 2.75) is 38.1 Å². The van der Waals surface area contributed by atoms with Gasteiger partial charge in [0.2, 0.25) is 0 Å². The molecule has 2 N–H and O–H groups in total. The van der Waals surface area contributed by atoms with E-state index in [1.165, 1.54) is 48.1 Å². The van der Waals surface area contributed by atoms with Gasteiger partial charge < -0.3 is 10.1 Å². The van der Waals surface area contributed by atoms with Crippen LogP contribution in [-0.2, 0) is 6.42 Å². The quantitative estimate of drug-likeness (QED) is 0.843. The summed E-state index contributed by atoms with van der Waals surface area (Å²) in [4.78, 5) is 6.45. The SMILES string of the molecule is CC[C@@H]1[C@@H]2C[C@H]3c4[nH]c5ccc(O)cc5c4CCN(C2)[C@@H]13. The molecule has 1 aromatic heterocycles. The topological polar surface area (TPSA) is 39.3 Å². The molecule has 0 radical (unpaired) electrons. The number of phenols is 1. The molecular weight excluding hydrogens is 260 g/mol. The largest absolute Gasteiger partial charge is 0.508 e. The lowest BCUT2D eigenvalue weighted by Crippen LogP contribution is -2.37. The molecule has 1 aliphatic carbocycles. The number of aromatic amines is 1. The maximum Gasteiger partial charge on any atom is 0.116 e. The van der Waals surface area contributed by atoms with Crippen LogP contribution in [-0.4, -0.2) is 34.1 Å². The van der Waals surface area contributed by atoms with E-state index in [-0.39, 0.29) is 0 Å². The summed E-state index contributed by atoms with van der Waals surface area (Å²) in [5.41, 5.74) is 4.14. The molecule has 110 valence electrons. The van der Waals surface area contributed by atoms with Crippen molar-refractivity contribution < 1.29 is 5.11 Å². The fraction of sp³-hybridized carbons (Fsp3) is 0.556. The Morgan fingerprint density at radius 3 is 3.10 bits per heavy atom. The summed E-state index contributed by atoms with van der Waals surface area (Å²) in [6.07, 6.45) is 3.79. The molecule has 4 atom stereocenters. The molecule has 2 aliphatic heterocycles. The average Bonchev–Trinajstić information content (AvgIpc) is 3.10. The van der Waals surface area contributed by atoms with E-state index in [2.05, 4.69) is 16.8 Å². The van der Waals surface area contributed by atoms with Gasteiger partial charge in [0.15, 0.2) is 0 Å². The maximum absolute atomic E-state index is 9.82. The van der Waals surface area contributed by atoms with Gasteiger partial charge in [-0.3, -0.25) is 4.90 Å². The summed E-state index contributed by atoms with van der Waals surface area (Å²) in [6.45, 7) is 4.86. The molecular formula is C18H22N2O. The number of nitrogens with one attached hydrogen (secondary N) is 1. The smallest absolute Gasteiger partial charge is 0.116 e. The van der Waals surface area contributed by atoms with Gasteiger partial charge in [0.1, 0.15) is 5.75 Å². The van der Waals surface area contributed by atoms with E-state index in [9.17, 15) is 5.11 Å². The lowest BCUT2D eigenvalue weighted by Gasteiger charge is -2.31. The average molecular weight is 282 g/mol. The Hall–Kier alpha value is -1.48. The highest BCUT2D eigenvalue weighted by Gasteiger charge is 2.53. The Labute approximate surface area is 125 Å². The van der Waals surface area contributed by atoms with Crippen molar-refractivity contribution in [3.8, 4) is 5.75 Å². The van der Waals surface area contributed by atoms with Gasteiger partial charge in [0, 0.05) is 41.6 Å². The minimum absolute atomic E-state index is 0.382. The van der Waals surface area contributed by atoms with Gasteiger partial charge in [-0.1, -0.05) is 13.3 Å². The first kappa shape index (κ1) is 12.1. The van der Waals surface area contributed by atoms with Crippen molar-refractivity contribution in [2.75, 3.05) is 13.1 Å². The minimum Gasteiger partial charge on any atom is -0.508 e. The number of rotatable bonds is 1.